The van der Waals surface area contributed by atoms with E-state index in [1.54, 1.807) is 66.7 Å². The molecular weight excluding hydrogens is 658 g/mol. The molecule has 2 aliphatic rings. The zero-order valence-corrected chi connectivity index (χ0v) is 26.1. The molecule has 260 valence electrons. The monoisotopic (exact) mass is 689 g/mol. The summed E-state index contributed by atoms with van der Waals surface area (Å²) in [5, 5.41) is 25.1. The number of aliphatic hydroxyl groups excluding tert-OH is 2. The lowest BCUT2D eigenvalue weighted by molar-refractivity contribution is -0.191. The van der Waals surface area contributed by atoms with Crippen molar-refractivity contribution in [3.8, 4) is 0 Å². The van der Waals surface area contributed by atoms with E-state index in [4.69, 9.17) is 28.4 Å². The Kier molecular flexibility index (Phi) is 10.5. The molecule has 6 rings (SSSR count). The summed E-state index contributed by atoms with van der Waals surface area (Å²) in [5.74, 6) is -2.30. The first-order chi connectivity index (χ1) is 24.2. The molecule has 2 aliphatic heterocycles. The number of esters is 3. The molecule has 0 unspecified atom stereocenters. The van der Waals surface area contributed by atoms with Crippen molar-refractivity contribution in [1.82, 2.24) is 14.8 Å². The number of hydrogen-bond donors (Lipinski definition) is 3. The third-order valence-electron chi connectivity index (χ3n) is 7.90. The van der Waals surface area contributed by atoms with Gasteiger partial charge in [-0.2, -0.15) is 9.78 Å². The van der Waals surface area contributed by atoms with E-state index in [0.29, 0.717) is 4.68 Å². The van der Waals surface area contributed by atoms with Crippen LogP contribution in [0, 0.1) is 0 Å². The van der Waals surface area contributed by atoms with Gasteiger partial charge in [-0.05, 0) is 36.4 Å². The molecule has 50 heavy (non-hydrogen) atoms. The fourth-order valence-corrected chi connectivity index (χ4v) is 5.38. The fourth-order valence-electron chi connectivity index (χ4n) is 5.38. The number of hydrogen-bond acceptors (Lipinski definition) is 14. The third-order valence-corrected chi connectivity index (χ3v) is 7.90. The third kappa shape index (κ3) is 7.69. The number of rotatable bonds is 11. The van der Waals surface area contributed by atoms with E-state index in [2.05, 4.69) is 5.10 Å². The number of aliphatic hydroxyl groups is 2. The fraction of sp³-hybridized carbons (Fsp3) is 0.294. The number of H-pyrrole nitrogens is 1. The molecule has 0 bridgehead atoms. The van der Waals surface area contributed by atoms with Crippen LogP contribution >= 0.6 is 0 Å². The minimum Gasteiger partial charge on any atom is -0.459 e. The molecular formula is C34H31N3O13. The zero-order chi connectivity index (χ0) is 35.2. The molecule has 0 spiro atoms. The van der Waals surface area contributed by atoms with Crippen LogP contribution in [0.3, 0.4) is 0 Å². The maximum atomic E-state index is 13.3. The summed E-state index contributed by atoms with van der Waals surface area (Å²) in [5.41, 5.74) is -1.17. The highest BCUT2D eigenvalue weighted by atomic mass is 16.7. The van der Waals surface area contributed by atoms with Gasteiger partial charge in [0, 0.05) is 0 Å². The van der Waals surface area contributed by atoms with Crippen molar-refractivity contribution in [3.63, 3.8) is 0 Å². The van der Waals surface area contributed by atoms with Gasteiger partial charge in [-0.3, -0.25) is 9.78 Å². The second kappa shape index (κ2) is 15.4. The molecule has 2 fully saturated rings. The zero-order valence-electron chi connectivity index (χ0n) is 26.1. The normalized spacial score (nSPS) is 25.9. The minimum atomic E-state index is -1.67. The largest absolute Gasteiger partial charge is 0.459 e. The van der Waals surface area contributed by atoms with Gasteiger partial charge in [0.15, 0.2) is 24.7 Å². The van der Waals surface area contributed by atoms with Crippen molar-refractivity contribution in [2.24, 2.45) is 0 Å². The summed E-state index contributed by atoms with van der Waals surface area (Å²) in [4.78, 5) is 65.1. The molecule has 2 saturated heterocycles. The van der Waals surface area contributed by atoms with Crippen molar-refractivity contribution in [3.05, 3.63) is 135 Å². The molecule has 0 amide bonds. The van der Waals surface area contributed by atoms with E-state index in [1.807, 2.05) is 4.98 Å². The van der Waals surface area contributed by atoms with Gasteiger partial charge in [0.05, 0.1) is 23.3 Å². The number of carbonyl (C=O) groups excluding carboxylic acids is 3. The highest BCUT2D eigenvalue weighted by molar-refractivity contribution is 5.91. The topological polar surface area (TPSA) is 215 Å². The van der Waals surface area contributed by atoms with Crippen molar-refractivity contribution in [2.75, 3.05) is 13.2 Å². The van der Waals surface area contributed by atoms with E-state index in [-0.39, 0.29) is 16.7 Å². The molecule has 3 heterocycles. The Bertz CT molecular complexity index is 1900. The van der Waals surface area contributed by atoms with Crippen LogP contribution in [0.4, 0.5) is 0 Å². The van der Waals surface area contributed by atoms with Gasteiger partial charge < -0.3 is 38.6 Å². The summed E-state index contributed by atoms with van der Waals surface area (Å²) in [6, 6.07) is 24.1. The summed E-state index contributed by atoms with van der Waals surface area (Å²) in [6.45, 7) is -0.962. The molecule has 4 aromatic rings. The Hall–Kier alpha value is -5.52. The Labute approximate surface area is 282 Å². The standard InChI is InChI=1S/C34H31N3O13/c38-24-16-35-37(34(44)36-24)29-26(40)25(39)22(47-29)17-46-33-28(50-32(43)21-14-8-3-9-15-21)27(49-31(42)20-12-6-2-7-13-20)23(48-33)18-45-30(41)19-10-4-1-5-11-19/h1-16,22-23,25-29,33,39-40H,17-18H2,(H,36,38,44)/t22-,23+,25-,26-,27+,28+,29-,33+/m1/s1. The quantitative estimate of drug-likeness (QED) is 0.145. The lowest BCUT2D eigenvalue weighted by Gasteiger charge is -2.25. The number of benzene rings is 3. The van der Waals surface area contributed by atoms with Crippen molar-refractivity contribution >= 4 is 17.9 Å². The van der Waals surface area contributed by atoms with Crippen molar-refractivity contribution in [1.29, 1.82) is 0 Å². The molecule has 0 aliphatic carbocycles. The first-order valence-corrected chi connectivity index (χ1v) is 15.4. The summed E-state index contributed by atoms with van der Waals surface area (Å²) in [7, 11) is 0. The minimum absolute atomic E-state index is 0.165. The molecule has 3 N–H and O–H groups in total. The molecule has 16 nitrogen and oxygen atoms in total. The van der Waals surface area contributed by atoms with Gasteiger partial charge in [0.25, 0.3) is 5.56 Å². The number of ether oxygens (including phenoxy) is 6. The molecule has 3 aromatic carbocycles. The summed E-state index contributed by atoms with van der Waals surface area (Å²) in [6.07, 6.45) is -10.8. The highest BCUT2D eigenvalue weighted by Crippen LogP contribution is 2.32. The van der Waals surface area contributed by atoms with Crippen LogP contribution < -0.4 is 11.2 Å². The molecule has 8 atom stereocenters. The summed E-state index contributed by atoms with van der Waals surface area (Å²) < 4.78 is 35.5. The maximum Gasteiger partial charge on any atom is 0.347 e. The van der Waals surface area contributed by atoms with Crippen LogP contribution in [0.5, 0.6) is 0 Å². The number of nitrogens with zero attached hydrogens (tertiary/aromatic N) is 2. The number of carbonyl (C=O) groups is 3. The Morgan fingerprint density at radius 2 is 1.24 bits per heavy atom. The summed E-state index contributed by atoms with van der Waals surface area (Å²) >= 11 is 0. The van der Waals surface area contributed by atoms with Gasteiger partial charge in [0.2, 0.25) is 0 Å². The van der Waals surface area contributed by atoms with E-state index in [0.717, 1.165) is 6.20 Å². The average molecular weight is 690 g/mol. The van der Waals surface area contributed by atoms with E-state index < -0.39 is 91.5 Å². The molecule has 0 saturated carbocycles. The van der Waals surface area contributed by atoms with Crippen LogP contribution in [0.15, 0.2) is 107 Å². The van der Waals surface area contributed by atoms with Crippen LogP contribution in [-0.2, 0) is 28.4 Å². The Balaban J connectivity index is 1.25. The van der Waals surface area contributed by atoms with Gasteiger partial charge in [-0.25, -0.2) is 19.2 Å². The van der Waals surface area contributed by atoms with Crippen molar-refractivity contribution in [2.45, 2.75) is 49.1 Å². The second-order valence-electron chi connectivity index (χ2n) is 11.2. The highest BCUT2D eigenvalue weighted by Gasteiger charge is 2.52. The lowest BCUT2D eigenvalue weighted by Crippen LogP contribution is -2.43. The van der Waals surface area contributed by atoms with E-state index in [1.165, 1.54) is 24.3 Å². The van der Waals surface area contributed by atoms with Crippen molar-refractivity contribution < 1.29 is 53.0 Å². The van der Waals surface area contributed by atoms with Gasteiger partial charge >= 0.3 is 23.6 Å². The van der Waals surface area contributed by atoms with Crippen LogP contribution in [-0.4, -0.2) is 99.0 Å². The predicted octanol–water partition coefficient (Wildman–Crippen LogP) is 0.601. The number of aromatic amines is 1. The van der Waals surface area contributed by atoms with E-state index in [9.17, 15) is 34.2 Å². The Morgan fingerprint density at radius 1 is 0.700 bits per heavy atom. The average Bonchev–Trinajstić information content (AvgIpc) is 3.61. The lowest BCUT2D eigenvalue weighted by atomic mass is 10.1. The number of nitrogens with one attached hydrogen (secondary N) is 1. The number of aromatic nitrogens is 3. The SMILES string of the molecule is O=C(OC[C@@H]1O[C@H](OC[C@H]2O[C@@H](n3ncc(=O)[nH]c3=O)[C@H](O)[C@@H]2O)[C@@H](OC(=O)c2ccccc2)[C@H]1OC(=O)c1ccccc1)c1ccccc1. The van der Waals surface area contributed by atoms with Gasteiger partial charge in [-0.15, -0.1) is 0 Å². The second-order valence-corrected chi connectivity index (χ2v) is 11.2. The van der Waals surface area contributed by atoms with Crippen LogP contribution in [0.2, 0.25) is 0 Å². The van der Waals surface area contributed by atoms with Gasteiger partial charge in [-0.1, -0.05) is 54.6 Å². The maximum absolute atomic E-state index is 13.3. The van der Waals surface area contributed by atoms with Crippen LogP contribution in [0.25, 0.3) is 0 Å². The first kappa shape index (κ1) is 34.3. The smallest absolute Gasteiger partial charge is 0.347 e. The van der Waals surface area contributed by atoms with Crippen LogP contribution in [0.1, 0.15) is 37.3 Å². The molecule has 16 heteroatoms. The predicted molar refractivity (Wildman–Crippen MR) is 168 cm³/mol. The Morgan fingerprint density at radius 3 is 1.80 bits per heavy atom. The van der Waals surface area contributed by atoms with Gasteiger partial charge in [0.1, 0.15) is 37.2 Å². The van der Waals surface area contributed by atoms with E-state index >= 15 is 0 Å². The molecule has 1 aromatic heterocycles. The molecule has 0 radical (unpaired) electrons. The first-order valence-electron chi connectivity index (χ1n) is 15.4.